The summed E-state index contributed by atoms with van der Waals surface area (Å²) in [5, 5.41) is 15.0. The highest BCUT2D eigenvalue weighted by Crippen LogP contribution is 2.48. The van der Waals surface area contributed by atoms with Crippen molar-refractivity contribution in [2.75, 3.05) is 13.1 Å². The first-order valence-corrected chi connectivity index (χ1v) is 9.28. The maximum Gasteiger partial charge on any atom is 0.191 e. The highest BCUT2D eigenvalue weighted by Gasteiger charge is 2.45. The van der Waals surface area contributed by atoms with Crippen LogP contribution >= 0.6 is 0 Å². The van der Waals surface area contributed by atoms with Crippen LogP contribution in [-0.2, 0) is 12.0 Å². The van der Waals surface area contributed by atoms with Gasteiger partial charge in [-0.2, -0.15) is 0 Å². The number of pyridine rings is 1. The van der Waals surface area contributed by atoms with Gasteiger partial charge in [0.25, 0.3) is 0 Å². The average molecular weight is 366 g/mol. The summed E-state index contributed by atoms with van der Waals surface area (Å²) < 4.78 is 16.1. The number of benzene rings is 1. The van der Waals surface area contributed by atoms with E-state index in [2.05, 4.69) is 25.8 Å². The van der Waals surface area contributed by atoms with E-state index in [1.807, 2.05) is 47.9 Å². The lowest BCUT2D eigenvalue weighted by molar-refractivity contribution is 0.559. The standard InChI is InChI=1S/C20H23FN6/c1-2-22-19(23-13-18-26-25-17-9-5-6-12-27(17)18)24-14-20(10-11-20)15-7-3-4-8-16(15)21/h3-9,12H,2,10-11,13-14H2,1H3,(H2,22,23,24). The lowest BCUT2D eigenvalue weighted by Crippen LogP contribution is -2.41. The summed E-state index contributed by atoms with van der Waals surface area (Å²) in [5.41, 5.74) is 1.46. The van der Waals surface area contributed by atoms with Crippen LogP contribution in [0.3, 0.4) is 0 Å². The second kappa shape index (κ2) is 7.34. The molecule has 1 saturated carbocycles. The van der Waals surface area contributed by atoms with Gasteiger partial charge < -0.3 is 10.6 Å². The zero-order valence-electron chi connectivity index (χ0n) is 15.3. The normalized spacial score (nSPS) is 15.7. The zero-order valence-corrected chi connectivity index (χ0v) is 15.3. The van der Waals surface area contributed by atoms with E-state index in [1.54, 1.807) is 6.07 Å². The Labute approximate surface area is 157 Å². The zero-order chi connectivity index (χ0) is 18.7. The molecule has 3 aromatic rings. The quantitative estimate of drug-likeness (QED) is 0.520. The highest BCUT2D eigenvalue weighted by molar-refractivity contribution is 5.80. The summed E-state index contributed by atoms with van der Waals surface area (Å²) in [6.07, 6.45) is 3.89. The molecule has 4 rings (SSSR count). The van der Waals surface area contributed by atoms with E-state index in [-0.39, 0.29) is 11.2 Å². The topological polar surface area (TPSA) is 66.6 Å². The van der Waals surface area contributed by atoms with Crippen molar-refractivity contribution in [3.63, 3.8) is 0 Å². The van der Waals surface area contributed by atoms with Crippen molar-refractivity contribution in [1.82, 2.24) is 25.2 Å². The fourth-order valence-corrected chi connectivity index (χ4v) is 3.33. The molecule has 2 aromatic heterocycles. The summed E-state index contributed by atoms with van der Waals surface area (Å²) in [4.78, 5) is 4.63. The van der Waals surface area contributed by atoms with Gasteiger partial charge in [-0.3, -0.25) is 4.40 Å². The number of halogens is 1. The van der Waals surface area contributed by atoms with Gasteiger partial charge in [0.15, 0.2) is 17.4 Å². The van der Waals surface area contributed by atoms with Crippen molar-refractivity contribution in [3.05, 3.63) is 65.9 Å². The first kappa shape index (κ1) is 17.5. The molecule has 0 unspecified atom stereocenters. The molecule has 2 N–H and O–H groups in total. The third-order valence-corrected chi connectivity index (χ3v) is 5.00. The summed E-state index contributed by atoms with van der Waals surface area (Å²) in [7, 11) is 0. The molecule has 1 aromatic carbocycles. The lowest BCUT2D eigenvalue weighted by Gasteiger charge is -2.19. The minimum absolute atomic E-state index is 0.131. The molecule has 0 bridgehead atoms. The average Bonchev–Trinajstić information content (AvgIpc) is 3.37. The van der Waals surface area contributed by atoms with Crippen molar-refractivity contribution in [1.29, 1.82) is 0 Å². The number of guanidine groups is 1. The summed E-state index contributed by atoms with van der Waals surface area (Å²) in [6, 6.07) is 12.8. The Hall–Kier alpha value is -2.96. The van der Waals surface area contributed by atoms with Gasteiger partial charge >= 0.3 is 0 Å². The number of fused-ring (bicyclic) bond motifs is 1. The smallest absolute Gasteiger partial charge is 0.191 e. The maximum absolute atomic E-state index is 14.2. The predicted molar refractivity (Wildman–Crippen MR) is 103 cm³/mol. The van der Waals surface area contributed by atoms with Crippen LogP contribution in [0.4, 0.5) is 4.39 Å². The van der Waals surface area contributed by atoms with Crippen LogP contribution in [0.25, 0.3) is 5.65 Å². The van der Waals surface area contributed by atoms with Crippen molar-refractivity contribution >= 4 is 11.6 Å². The predicted octanol–water partition coefficient (Wildman–Crippen LogP) is 2.66. The molecule has 1 aliphatic carbocycles. The fraction of sp³-hybridized carbons (Fsp3) is 0.350. The third kappa shape index (κ3) is 3.63. The molecule has 1 fully saturated rings. The van der Waals surface area contributed by atoms with Crippen LogP contribution in [0, 0.1) is 5.82 Å². The van der Waals surface area contributed by atoms with E-state index < -0.39 is 0 Å². The molecule has 6 nitrogen and oxygen atoms in total. The van der Waals surface area contributed by atoms with Crippen molar-refractivity contribution in [3.8, 4) is 0 Å². The molecule has 7 heteroatoms. The van der Waals surface area contributed by atoms with E-state index >= 15 is 0 Å². The Morgan fingerprint density at radius 2 is 1.96 bits per heavy atom. The van der Waals surface area contributed by atoms with Gasteiger partial charge in [-0.15, -0.1) is 10.2 Å². The van der Waals surface area contributed by atoms with Crippen molar-refractivity contribution in [2.45, 2.75) is 31.7 Å². The van der Waals surface area contributed by atoms with Crippen molar-refractivity contribution < 1.29 is 4.39 Å². The number of aliphatic imine (C=N–C) groups is 1. The molecule has 27 heavy (non-hydrogen) atoms. The Morgan fingerprint density at radius 1 is 1.15 bits per heavy atom. The van der Waals surface area contributed by atoms with Gasteiger partial charge in [-0.1, -0.05) is 24.3 Å². The van der Waals surface area contributed by atoms with E-state index in [0.717, 1.165) is 36.4 Å². The Kier molecular flexibility index (Phi) is 4.75. The minimum atomic E-state index is -0.136. The molecule has 0 amide bonds. The Balaban J connectivity index is 1.47. The van der Waals surface area contributed by atoms with Crippen LogP contribution in [0.1, 0.15) is 31.2 Å². The second-order valence-electron chi connectivity index (χ2n) is 6.85. The first-order valence-electron chi connectivity index (χ1n) is 9.28. The summed E-state index contributed by atoms with van der Waals surface area (Å²) >= 11 is 0. The molecule has 140 valence electrons. The van der Waals surface area contributed by atoms with Crippen LogP contribution in [0.2, 0.25) is 0 Å². The van der Waals surface area contributed by atoms with E-state index in [4.69, 9.17) is 0 Å². The lowest BCUT2D eigenvalue weighted by atomic mass is 9.95. The number of rotatable bonds is 6. The highest BCUT2D eigenvalue weighted by atomic mass is 19.1. The molecular weight excluding hydrogens is 343 g/mol. The molecule has 0 atom stereocenters. The van der Waals surface area contributed by atoms with Crippen LogP contribution in [0.15, 0.2) is 53.7 Å². The van der Waals surface area contributed by atoms with Crippen LogP contribution < -0.4 is 10.6 Å². The van der Waals surface area contributed by atoms with Gasteiger partial charge in [0.1, 0.15) is 12.4 Å². The molecule has 1 aliphatic rings. The molecule has 0 radical (unpaired) electrons. The number of aromatic nitrogens is 3. The fourth-order valence-electron chi connectivity index (χ4n) is 3.33. The molecule has 0 spiro atoms. The van der Waals surface area contributed by atoms with Crippen LogP contribution in [-0.4, -0.2) is 33.6 Å². The first-order chi connectivity index (χ1) is 13.2. The Bertz CT molecular complexity index is 960. The largest absolute Gasteiger partial charge is 0.357 e. The number of hydrogen-bond acceptors (Lipinski definition) is 3. The van der Waals surface area contributed by atoms with Gasteiger partial charge in [0.05, 0.1) is 0 Å². The monoisotopic (exact) mass is 366 g/mol. The van der Waals surface area contributed by atoms with E-state index in [1.165, 1.54) is 6.07 Å². The maximum atomic E-state index is 14.2. The van der Waals surface area contributed by atoms with Gasteiger partial charge in [-0.05, 0) is 43.5 Å². The summed E-state index contributed by atoms with van der Waals surface area (Å²) in [6.45, 7) is 3.83. The minimum Gasteiger partial charge on any atom is -0.357 e. The molecule has 0 saturated heterocycles. The van der Waals surface area contributed by atoms with Gasteiger partial charge in [0, 0.05) is 24.7 Å². The van der Waals surface area contributed by atoms with E-state index in [0.29, 0.717) is 19.0 Å². The van der Waals surface area contributed by atoms with Crippen LogP contribution in [0.5, 0.6) is 0 Å². The number of nitrogens with one attached hydrogen (secondary N) is 2. The molecule has 2 heterocycles. The molecular formula is C20H23FN6. The number of hydrogen-bond donors (Lipinski definition) is 2. The van der Waals surface area contributed by atoms with Gasteiger partial charge in [-0.25, -0.2) is 9.38 Å². The van der Waals surface area contributed by atoms with Crippen molar-refractivity contribution in [2.24, 2.45) is 4.99 Å². The second-order valence-corrected chi connectivity index (χ2v) is 6.85. The number of nitrogens with zero attached hydrogens (tertiary/aromatic N) is 4. The Morgan fingerprint density at radius 3 is 2.74 bits per heavy atom. The third-order valence-electron chi connectivity index (χ3n) is 5.00. The summed E-state index contributed by atoms with van der Waals surface area (Å²) in [5.74, 6) is 1.35. The SMILES string of the molecule is CCNC(=NCc1nnc2ccccn12)NCC1(c2ccccc2F)CC1. The molecule has 0 aliphatic heterocycles. The van der Waals surface area contributed by atoms with E-state index in [9.17, 15) is 4.39 Å². The van der Waals surface area contributed by atoms with Gasteiger partial charge in [0.2, 0.25) is 0 Å².